The maximum Gasteiger partial charge on any atom is 0.165 e. The van der Waals surface area contributed by atoms with E-state index in [-0.39, 0.29) is 12.3 Å². The molecule has 156 valence electrons. The standard InChI is InChI=1S/C23H19BrFN5S/c1-3-15(2)8-4-6-11-20-21(24)23(29-31-25)30-22(28-20)18(14-27-30)17-12-16-9-5-7-10-19(16)26-13-17/h3-10,12-14,29H,1,11H2,2H3/b6-4+,15-8-. The fourth-order valence-electron chi connectivity index (χ4n) is 3.17. The summed E-state index contributed by atoms with van der Waals surface area (Å²) in [6.45, 7) is 5.73. The number of pyridine rings is 1. The molecule has 0 unspecified atom stereocenters. The Balaban J connectivity index is 1.82. The van der Waals surface area contributed by atoms with Crippen molar-refractivity contribution in [3.8, 4) is 11.1 Å². The van der Waals surface area contributed by atoms with E-state index in [0.29, 0.717) is 22.4 Å². The first-order valence-electron chi connectivity index (χ1n) is 9.53. The smallest absolute Gasteiger partial charge is 0.165 e. The molecule has 0 radical (unpaired) electrons. The number of allylic oxidation sites excluding steroid dienone is 5. The molecule has 4 aromatic rings. The lowest BCUT2D eigenvalue weighted by molar-refractivity contribution is 0.914. The van der Waals surface area contributed by atoms with Gasteiger partial charge >= 0.3 is 0 Å². The molecule has 0 aliphatic rings. The number of fused-ring (bicyclic) bond motifs is 2. The summed E-state index contributed by atoms with van der Waals surface area (Å²) in [5, 5.41) is 5.47. The van der Waals surface area contributed by atoms with Crippen molar-refractivity contribution in [2.75, 3.05) is 4.72 Å². The Morgan fingerprint density at radius 1 is 1.32 bits per heavy atom. The molecule has 1 aromatic carbocycles. The lowest BCUT2D eigenvalue weighted by Gasteiger charge is -2.11. The van der Waals surface area contributed by atoms with Crippen LogP contribution in [0.15, 0.2) is 83.7 Å². The van der Waals surface area contributed by atoms with Crippen LogP contribution in [0.3, 0.4) is 0 Å². The average molecular weight is 496 g/mol. The van der Waals surface area contributed by atoms with E-state index in [0.717, 1.165) is 33.3 Å². The predicted octanol–water partition coefficient (Wildman–Crippen LogP) is 6.88. The van der Waals surface area contributed by atoms with Crippen LogP contribution in [0.4, 0.5) is 9.70 Å². The number of halogens is 2. The summed E-state index contributed by atoms with van der Waals surface area (Å²) in [6.07, 6.45) is 11.8. The molecule has 0 amide bonds. The van der Waals surface area contributed by atoms with Gasteiger partial charge in [-0.05, 0) is 35.0 Å². The van der Waals surface area contributed by atoms with E-state index in [1.165, 1.54) is 0 Å². The highest BCUT2D eigenvalue weighted by atomic mass is 79.9. The Labute approximate surface area is 192 Å². The van der Waals surface area contributed by atoms with E-state index >= 15 is 0 Å². The Kier molecular flexibility index (Phi) is 6.48. The molecule has 0 bridgehead atoms. The van der Waals surface area contributed by atoms with Crippen LogP contribution in [0, 0.1) is 0 Å². The second-order valence-corrected chi connectivity index (χ2v) is 8.01. The summed E-state index contributed by atoms with van der Waals surface area (Å²) in [4.78, 5) is 9.38. The van der Waals surface area contributed by atoms with Gasteiger partial charge in [0.05, 0.1) is 21.9 Å². The van der Waals surface area contributed by atoms with Gasteiger partial charge in [-0.15, -0.1) is 3.89 Å². The van der Waals surface area contributed by atoms with Crippen LogP contribution in [0.2, 0.25) is 0 Å². The van der Waals surface area contributed by atoms with Gasteiger partial charge in [-0.2, -0.15) is 9.61 Å². The number of nitrogens with zero attached hydrogens (tertiary/aromatic N) is 4. The SMILES string of the molecule is C=C/C(C)=C\C=C\Cc1nc2c(-c3cnc4ccccc4c3)cnn2c(NSF)c1Br. The minimum atomic E-state index is 0.0151. The minimum Gasteiger partial charge on any atom is -0.285 e. The number of benzene rings is 1. The van der Waals surface area contributed by atoms with Gasteiger partial charge in [0.2, 0.25) is 0 Å². The Hall–Kier alpha value is -2.97. The maximum absolute atomic E-state index is 13.1. The monoisotopic (exact) mass is 495 g/mol. The highest BCUT2D eigenvalue weighted by molar-refractivity contribution is 9.10. The molecule has 3 aromatic heterocycles. The lowest BCUT2D eigenvalue weighted by Crippen LogP contribution is -2.04. The Morgan fingerprint density at radius 2 is 2.16 bits per heavy atom. The topological polar surface area (TPSA) is 55.1 Å². The van der Waals surface area contributed by atoms with Crippen LogP contribution in [0.1, 0.15) is 12.6 Å². The molecule has 0 atom stereocenters. The van der Waals surface area contributed by atoms with Gasteiger partial charge in [-0.1, -0.05) is 54.7 Å². The van der Waals surface area contributed by atoms with E-state index in [4.69, 9.17) is 4.98 Å². The van der Waals surface area contributed by atoms with Gasteiger partial charge in [-0.3, -0.25) is 9.71 Å². The van der Waals surface area contributed by atoms with Gasteiger partial charge < -0.3 is 0 Å². The number of aromatic nitrogens is 4. The van der Waals surface area contributed by atoms with Crippen molar-refractivity contribution in [2.45, 2.75) is 13.3 Å². The van der Waals surface area contributed by atoms with Crippen LogP contribution < -0.4 is 4.72 Å². The number of anilines is 1. The maximum atomic E-state index is 13.1. The summed E-state index contributed by atoms with van der Waals surface area (Å²) in [5.41, 5.74) is 5.09. The first-order valence-corrected chi connectivity index (χ1v) is 11.0. The summed E-state index contributed by atoms with van der Waals surface area (Å²) < 4.78 is 18.1. The number of rotatable bonds is 7. The van der Waals surface area contributed by atoms with Gasteiger partial charge in [0.25, 0.3) is 0 Å². The quantitative estimate of drug-likeness (QED) is 0.223. The van der Waals surface area contributed by atoms with Crippen molar-refractivity contribution in [1.82, 2.24) is 19.6 Å². The minimum absolute atomic E-state index is 0.0151. The third kappa shape index (κ3) is 4.40. The van der Waals surface area contributed by atoms with E-state index < -0.39 is 0 Å². The van der Waals surface area contributed by atoms with Gasteiger partial charge in [0.15, 0.2) is 23.8 Å². The van der Waals surface area contributed by atoms with Gasteiger partial charge in [0.1, 0.15) is 0 Å². The largest absolute Gasteiger partial charge is 0.285 e. The van der Waals surface area contributed by atoms with E-state index in [1.54, 1.807) is 16.8 Å². The first-order chi connectivity index (χ1) is 15.1. The molecule has 5 nitrogen and oxygen atoms in total. The van der Waals surface area contributed by atoms with Crippen molar-refractivity contribution in [1.29, 1.82) is 0 Å². The number of nitrogens with one attached hydrogen (secondary N) is 1. The third-order valence-electron chi connectivity index (χ3n) is 4.82. The van der Waals surface area contributed by atoms with E-state index in [9.17, 15) is 3.89 Å². The predicted molar refractivity (Wildman–Crippen MR) is 131 cm³/mol. The molecule has 0 fully saturated rings. The summed E-state index contributed by atoms with van der Waals surface area (Å²) in [7, 11) is 0. The fraction of sp³-hybridized carbons (Fsp3) is 0.0870. The zero-order valence-electron chi connectivity index (χ0n) is 16.7. The molecule has 0 saturated heterocycles. The Morgan fingerprint density at radius 3 is 2.97 bits per heavy atom. The molecule has 0 spiro atoms. The molecule has 0 saturated carbocycles. The second-order valence-electron chi connectivity index (χ2n) is 6.86. The first kappa shape index (κ1) is 21.3. The van der Waals surface area contributed by atoms with Crippen molar-refractivity contribution in [2.24, 2.45) is 0 Å². The molecule has 0 aliphatic carbocycles. The average Bonchev–Trinajstić information content (AvgIpc) is 3.22. The molecule has 3 heterocycles. The fourth-order valence-corrected chi connectivity index (χ4v) is 4.08. The van der Waals surface area contributed by atoms with Crippen LogP contribution in [0.25, 0.3) is 27.7 Å². The summed E-state index contributed by atoms with van der Waals surface area (Å²) >= 11 is 3.57. The van der Waals surface area contributed by atoms with Crippen molar-refractivity contribution >= 4 is 50.6 Å². The molecule has 1 N–H and O–H groups in total. The molecular formula is C23H19BrFN5S. The van der Waals surface area contributed by atoms with Crippen LogP contribution in [0.5, 0.6) is 0 Å². The third-order valence-corrected chi connectivity index (χ3v) is 5.93. The highest BCUT2D eigenvalue weighted by Crippen LogP contribution is 2.33. The molecular weight excluding hydrogens is 477 g/mol. The molecule has 0 aliphatic heterocycles. The molecule has 8 heteroatoms. The second kappa shape index (κ2) is 9.45. The normalized spacial score (nSPS) is 12.2. The van der Waals surface area contributed by atoms with Crippen molar-refractivity contribution in [3.05, 3.63) is 89.3 Å². The summed E-state index contributed by atoms with van der Waals surface area (Å²) in [6, 6.07) is 9.98. The number of hydrogen-bond acceptors (Lipinski definition) is 5. The van der Waals surface area contributed by atoms with E-state index in [2.05, 4.69) is 43.4 Å². The van der Waals surface area contributed by atoms with E-state index in [1.807, 2.05) is 55.6 Å². The van der Waals surface area contributed by atoms with Crippen molar-refractivity contribution in [3.63, 3.8) is 0 Å². The lowest BCUT2D eigenvalue weighted by atomic mass is 10.1. The number of hydrogen-bond donors (Lipinski definition) is 1. The Bertz CT molecular complexity index is 1330. The molecule has 4 rings (SSSR count). The van der Waals surface area contributed by atoms with Gasteiger partial charge in [0, 0.05) is 29.1 Å². The summed E-state index contributed by atoms with van der Waals surface area (Å²) in [5.74, 6) is 0.485. The zero-order valence-corrected chi connectivity index (χ0v) is 19.1. The van der Waals surface area contributed by atoms with Gasteiger partial charge in [-0.25, -0.2) is 4.98 Å². The van der Waals surface area contributed by atoms with Crippen LogP contribution in [-0.4, -0.2) is 19.6 Å². The number of para-hydroxylation sites is 1. The zero-order chi connectivity index (χ0) is 21.8. The van der Waals surface area contributed by atoms with Crippen LogP contribution >= 0.6 is 28.3 Å². The van der Waals surface area contributed by atoms with Crippen LogP contribution in [-0.2, 0) is 6.42 Å². The highest BCUT2D eigenvalue weighted by Gasteiger charge is 2.18. The van der Waals surface area contributed by atoms with Crippen molar-refractivity contribution < 1.29 is 3.89 Å². The molecule has 31 heavy (non-hydrogen) atoms.